The Hall–Kier alpha value is -0.960. The van der Waals surface area contributed by atoms with Crippen molar-refractivity contribution in [2.75, 3.05) is 7.05 Å². The van der Waals surface area contributed by atoms with Crippen molar-refractivity contribution in [3.05, 3.63) is 23.5 Å². The van der Waals surface area contributed by atoms with Gasteiger partial charge in [-0.2, -0.15) is 10.2 Å². The summed E-state index contributed by atoms with van der Waals surface area (Å²) < 4.78 is 0. The molecule has 0 fully saturated rings. The van der Waals surface area contributed by atoms with Crippen LogP contribution in [0.5, 0.6) is 0 Å². The van der Waals surface area contributed by atoms with Gasteiger partial charge in [0.25, 0.3) is 0 Å². The van der Waals surface area contributed by atoms with Gasteiger partial charge in [0.05, 0.1) is 11.4 Å². The highest BCUT2D eigenvalue weighted by molar-refractivity contribution is 5.10. The molecule has 3 heteroatoms. The molecule has 1 aromatic heterocycles. The summed E-state index contributed by atoms with van der Waals surface area (Å²) in [4.78, 5) is 0. The lowest BCUT2D eigenvalue weighted by atomic mass is 9.90. The normalized spacial score (nSPS) is 11.0. The van der Waals surface area contributed by atoms with Gasteiger partial charge in [-0.05, 0) is 36.9 Å². The molecule has 0 atom stereocenters. The van der Waals surface area contributed by atoms with Crippen molar-refractivity contribution in [3.63, 3.8) is 0 Å². The third-order valence-electron chi connectivity index (χ3n) is 2.04. The molecule has 0 saturated heterocycles. The molecule has 0 aliphatic heterocycles. The molecule has 0 aliphatic rings. The molecule has 0 spiro atoms. The minimum Gasteiger partial charge on any atom is -0.333 e. The Balaban J connectivity index is 0.00000106. The molecule has 1 rings (SSSR count). The van der Waals surface area contributed by atoms with Crippen molar-refractivity contribution in [3.8, 4) is 0 Å². The Morgan fingerprint density at radius 2 is 1.69 bits per heavy atom. The molecule has 1 heterocycles. The second-order valence-corrected chi connectivity index (χ2v) is 5.34. The molecule has 3 nitrogen and oxygen atoms in total. The summed E-state index contributed by atoms with van der Waals surface area (Å²) in [5.41, 5.74) is 6.94. The first-order chi connectivity index (χ1) is 7.38. The molecule has 0 aliphatic carbocycles. The summed E-state index contributed by atoms with van der Waals surface area (Å²) in [7, 11) is 1.50. The molecule has 1 aromatic rings. The van der Waals surface area contributed by atoms with Crippen LogP contribution in [0.2, 0.25) is 0 Å². The summed E-state index contributed by atoms with van der Waals surface area (Å²) in [6.45, 7) is 10.9. The highest BCUT2D eigenvalue weighted by Gasteiger charge is 2.12. The maximum Gasteiger partial charge on any atom is 0.0656 e. The van der Waals surface area contributed by atoms with Gasteiger partial charge in [-0.1, -0.05) is 34.6 Å². The van der Waals surface area contributed by atoms with Crippen molar-refractivity contribution in [1.82, 2.24) is 10.2 Å². The number of rotatable bonds is 2. The highest BCUT2D eigenvalue weighted by atomic mass is 15.1. The first-order valence-electron chi connectivity index (χ1n) is 5.79. The zero-order valence-electron chi connectivity index (χ0n) is 11.4. The second kappa shape index (κ2) is 6.59. The van der Waals surface area contributed by atoms with Gasteiger partial charge < -0.3 is 5.73 Å². The average molecular weight is 223 g/mol. The minimum atomic E-state index is 0.286. The number of hydrogen-bond acceptors (Lipinski definition) is 3. The van der Waals surface area contributed by atoms with Crippen LogP contribution in [0.4, 0.5) is 0 Å². The minimum absolute atomic E-state index is 0.286. The molecule has 0 saturated carbocycles. The molecule has 92 valence electrons. The first kappa shape index (κ1) is 15.0. The van der Waals surface area contributed by atoms with E-state index in [1.54, 1.807) is 0 Å². The SMILES string of the molecule is CC(C)c1ccc(CC(C)(C)C)nn1.CN. The summed E-state index contributed by atoms with van der Waals surface area (Å²) in [6, 6.07) is 4.17. The monoisotopic (exact) mass is 223 g/mol. The molecular formula is C13H25N3. The van der Waals surface area contributed by atoms with Gasteiger partial charge in [0.2, 0.25) is 0 Å². The smallest absolute Gasteiger partial charge is 0.0656 e. The maximum atomic E-state index is 4.50. The number of nitrogens with two attached hydrogens (primary N) is 1. The van der Waals surface area contributed by atoms with Gasteiger partial charge in [-0.3, -0.25) is 0 Å². The van der Waals surface area contributed by atoms with Crippen LogP contribution < -0.4 is 5.73 Å². The number of aromatic nitrogens is 2. The Morgan fingerprint density at radius 3 is 2.00 bits per heavy atom. The summed E-state index contributed by atoms with van der Waals surface area (Å²) in [6.07, 6.45) is 0.984. The summed E-state index contributed by atoms with van der Waals surface area (Å²) >= 11 is 0. The van der Waals surface area contributed by atoms with E-state index in [0.717, 1.165) is 17.8 Å². The Bertz CT molecular complexity index is 283. The maximum absolute atomic E-state index is 4.50. The van der Waals surface area contributed by atoms with Crippen LogP contribution in [-0.4, -0.2) is 17.2 Å². The predicted octanol–water partition coefficient (Wildman–Crippen LogP) is 2.76. The van der Waals surface area contributed by atoms with E-state index in [-0.39, 0.29) is 5.41 Å². The molecule has 0 amide bonds. The first-order valence-corrected chi connectivity index (χ1v) is 5.79. The molecule has 0 aromatic carbocycles. The Morgan fingerprint density at radius 1 is 1.12 bits per heavy atom. The Labute approximate surface area is 99.5 Å². The van der Waals surface area contributed by atoms with Gasteiger partial charge in [0.15, 0.2) is 0 Å². The van der Waals surface area contributed by atoms with E-state index in [1.807, 2.05) is 0 Å². The topological polar surface area (TPSA) is 51.8 Å². The van der Waals surface area contributed by atoms with Crippen molar-refractivity contribution in [2.24, 2.45) is 11.1 Å². The number of nitrogens with zero attached hydrogens (tertiary/aromatic N) is 2. The van der Waals surface area contributed by atoms with Crippen LogP contribution in [-0.2, 0) is 6.42 Å². The second-order valence-electron chi connectivity index (χ2n) is 5.34. The van der Waals surface area contributed by atoms with Crippen molar-refractivity contribution in [1.29, 1.82) is 0 Å². The lowest BCUT2D eigenvalue weighted by molar-refractivity contribution is 0.404. The van der Waals surface area contributed by atoms with Crippen molar-refractivity contribution < 1.29 is 0 Å². The zero-order valence-corrected chi connectivity index (χ0v) is 11.4. The van der Waals surface area contributed by atoms with E-state index >= 15 is 0 Å². The molecule has 0 radical (unpaired) electrons. The lowest BCUT2D eigenvalue weighted by Gasteiger charge is -2.17. The third-order valence-corrected chi connectivity index (χ3v) is 2.04. The van der Waals surface area contributed by atoms with E-state index in [0.29, 0.717) is 5.92 Å². The van der Waals surface area contributed by atoms with E-state index in [9.17, 15) is 0 Å². The molecule has 0 bridgehead atoms. The fourth-order valence-corrected chi connectivity index (χ4v) is 1.32. The molecular weight excluding hydrogens is 198 g/mol. The van der Waals surface area contributed by atoms with Crippen LogP contribution in [0, 0.1) is 5.41 Å². The lowest BCUT2D eigenvalue weighted by Crippen LogP contribution is -2.11. The van der Waals surface area contributed by atoms with Crippen molar-refractivity contribution >= 4 is 0 Å². The fourth-order valence-electron chi connectivity index (χ4n) is 1.32. The summed E-state index contributed by atoms with van der Waals surface area (Å²) in [5, 5.41) is 8.45. The van der Waals surface area contributed by atoms with Crippen LogP contribution in [0.3, 0.4) is 0 Å². The zero-order chi connectivity index (χ0) is 12.8. The van der Waals surface area contributed by atoms with Crippen LogP contribution in [0.25, 0.3) is 0 Å². The van der Waals surface area contributed by atoms with Gasteiger partial charge >= 0.3 is 0 Å². The van der Waals surface area contributed by atoms with E-state index in [2.05, 4.69) is 62.7 Å². The Kier molecular flexibility index (Phi) is 6.19. The largest absolute Gasteiger partial charge is 0.333 e. The van der Waals surface area contributed by atoms with Gasteiger partial charge in [0.1, 0.15) is 0 Å². The molecule has 0 unspecified atom stereocenters. The van der Waals surface area contributed by atoms with E-state index < -0.39 is 0 Å². The van der Waals surface area contributed by atoms with E-state index in [4.69, 9.17) is 0 Å². The predicted molar refractivity (Wildman–Crippen MR) is 69.4 cm³/mol. The van der Waals surface area contributed by atoms with Crippen molar-refractivity contribution in [2.45, 2.75) is 47.0 Å². The van der Waals surface area contributed by atoms with Gasteiger partial charge in [-0.15, -0.1) is 0 Å². The number of hydrogen-bond donors (Lipinski definition) is 1. The standard InChI is InChI=1S/C12H20N2.CH5N/c1-9(2)11-7-6-10(13-14-11)8-12(3,4)5;1-2/h6-7,9H,8H2,1-5H3;2H2,1H3. The fraction of sp³-hybridized carbons (Fsp3) is 0.692. The third kappa shape index (κ3) is 5.81. The van der Waals surface area contributed by atoms with E-state index in [1.165, 1.54) is 7.05 Å². The highest BCUT2D eigenvalue weighted by Crippen LogP contribution is 2.19. The average Bonchev–Trinajstić information content (AvgIpc) is 2.19. The molecule has 16 heavy (non-hydrogen) atoms. The van der Waals surface area contributed by atoms with Crippen LogP contribution in [0.15, 0.2) is 12.1 Å². The molecule has 2 N–H and O–H groups in total. The van der Waals surface area contributed by atoms with Gasteiger partial charge in [-0.25, -0.2) is 0 Å². The van der Waals surface area contributed by atoms with Crippen LogP contribution in [0.1, 0.15) is 51.9 Å². The van der Waals surface area contributed by atoms with Crippen LogP contribution >= 0.6 is 0 Å². The summed E-state index contributed by atoms with van der Waals surface area (Å²) in [5.74, 6) is 0.464. The van der Waals surface area contributed by atoms with Gasteiger partial charge in [0, 0.05) is 0 Å². The quantitative estimate of drug-likeness (QED) is 0.838.